The average Bonchev–Trinajstić information content (AvgIpc) is 2.20. The van der Waals surface area contributed by atoms with E-state index in [1.807, 2.05) is 32.9 Å². The van der Waals surface area contributed by atoms with Crippen LogP contribution >= 0.6 is 0 Å². The van der Waals surface area contributed by atoms with Gasteiger partial charge in [0.15, 0.2) is 0 Å². The first-order valence-corrected chi connectivity index (χ1v) is 4.33. The number of hydrogen-bond acceptors (Lipinski definition) is 2. The topological polar surface area (TPSA) is 33.0 Å². The van der Waals surface area contributed by atoms with Crippen molar-refractivity contribution in [3.8, 4) is 11.8 Å². The Morgan fingerprint density at radius 2 is 1.92 bits per heavy atom. The number of nitrogens with zero attached hydrogens (tertiary/aromatic N) is 1. The third-order valence-electron chi connectivity index (χ3n) is 1.57. The fourth-order valence-corrected chi connectivity index (χ4v) is 0.954. The summed E-state index contributed by atoms with van der Waals surface area (Å²) in [4.78, 5) is 0. The second-order valence-electron chi connectivity index (χ2n) is 2.26. The Morgan fingerprint density at radius 3 is 2.31 bits per heavy atom. The van der Waals surface area contributed by atoms with Crippen molar-refractivity contribution >= 4 is 0 Å². The van der Waals surface area contributed by atoms with Crippen LogP contribution in [0.5, 0.6) is 5.75 Å². The van der Waals surface area contributed by atoms with Gasteiger partial charge in [0.2, 0.25) is 0 Å². The summed E-state index contributed by atoms with van der Waals surface area (Å²) < 4.78 is 4.99. The summed E-state index contributed by atoms with van der Waals surface area (Å²) in [7, 11) is 1.57. The largest absolute Gasteiger partial charge is 0.495 e. The van der Waals surface area contributed by atoms with Crippen LogP contribution in [0.2, 0.25) is 0 Å². The first-order valence-electron chi connectivity index (χ1n) is 4.33. The maximum Gasteiger partial charge on any atom is 0.136 e. The molecule has 0 heterocycles. The number of hydrogen-bond donors (Lipinski definition) is 0. The molecule has 0 aromatic heterocycles. The molecule has 0 aliphatic heterocycles. The van der Waals surface area contributed by atoms with Crippen LogP contribution < -0.4 is 4.74 Å². The van der Waals surface area contributed by atoms with Crippen molar-refractivity contribution < 1.29 is 4.74 Å². The van der Waals surface area contributed by atoms with Crippen molar-refractivity contribution in [1.29, 1.82) is 5.26 Å². The van der Waals surface area contributed by atoms with E-state index in [4.69, 9.17) is 10.00 Å². The van der Waals surface area contributed by atoms with Gasteiger partial charge in [-0.05, 0) is 18.6 Å². The molecule has 70 valence electrons. The van der Waals surface area contributed by atoms with Crippen LogP contribution in [0.15, 0.2) is 18.2 Å². The van der Waals surface area contributed by atoms with Gasteiger partial charge in [-0.2, -0.15) is 5.26 Å². The number of methoxy groups -OCH3 is 1. The SMILES string of the molecule is CC.COc1cccc(C)c1C#N. The second-order valence-corrected chi connectivity index (χ2v) is 2.26. The Bertz CT molecular complexity index is 299. The van der Waals surface area contributed by atoms with Crippen molar-refractivity contribution in [3.63, 3.8) is 0 Å². The van der Waals surface area contributed by atoms with Gasteiger partial charge in [-0.25, -0.2) is 0 Å². The molecule has 1 aromatic rings. The van der Waals surface area contributed by atoms with Crippen LogP contribution in [0.3, 0.4) is 0 Å². The molecule has 0 fully saturated rings. The monoisotopic (exact) mass is 177 g/mol. The van der Waals surface area contributed by atoms with Gasteiger partial charge in [0.25, 0.3) is 0 Å². The van der Waals surface area contributed by atoms with Crippen molar-refractivity contribution in [2.45, 2.75) is 20.8 Å². The minimum atomic E-state index is 0.620. The molecule has 0 saturated carbocycles. The Labute approximate surface area is 79.8 Å². The van der Waals surface area contributed by atoms with Crippen molar-refractivity contribution in [2.75, 3.05) is 7.11 Å². The highest BCUT2D eigenvalue weighted by molar-refractivity contribution is 5.47. The standard InChI is InChI=1S/C9H9NO.C2H6/c1-7-4-3-5-9(11-2)8(7)6-10;1-2/h3-5H,1-2H3;1-2H3. The second kappa shape index (κ2) is 6.07. The molecule has 1 aromatic carbocycles. The van der Waals surface area contributed by atoms with Crippen LogP contribution in [0.4, 0.5) is 0 Å². The summed E-state index contributed by atoms with van der Waals surface area (Å²) in [6, 6.07) is 7.63. The van der Waals surface area contributed by atoms with E-state index in [-0.39, 0.29) is 0 Å². The number of rotatable bonds is 1. The van der Waals surface area contributed by atoms with Gasteiger partial charge < -0.3 is 4.74 Å². The summed E-state index contributed by atoms with van der Waals surface area (Å²) in [6.07, 6.45) is 0. The van der Waals surface area contributed by atoms with Crippen molar-refractivity contribution in [1.82, 2.24) is 0 Å². The molecule has 2 nitrogen and oxygen atoms in total. The van der Waals surface area contributed by atoms with E-state index < -0.39 is 0 Å². The summed E-state index contributed by atoms with van der Waals surface area (Å²) in [5.41, 5.74) is 1.57. The smallest absolute Gasteiger partial charge is 0.136 e. The zero-order valence-electron chi connectivity index (χ0n) is 8.59. The van der Waals surface area contributed by atoms with Gasteiger partial charge in [-0.1, -0.05) is 26.0 Å². The normalized spacial score (nSPS) is 7.92. The zero-order chi connectivity index (χ0) is 10.3. The van der Waals surface area contributed by atoms with Gasteiger partial charge >= 0.3 is 0 Å². The maximum absolute atomic E-state index is 8.70. The number of benzene rings is 1. The lowest BCUT2D eigenvalue weighted by atomic mass is 10.1. The lowest BCUT2D eigenvalue weighted by molar-refractivity contribution is 0.413. The van der Waals surface area contributed by atoms with E-state index in [0.29, 0.717) is 11.3 Å². The number of nitriles is 1. The molecule has 0 amide bonds. The van der Waals surface area contributed by atoms with Crippen molar-refractivity contribution in [2.24, 2.45) is 0 Å². The number of aryl methyl sites for hydroxylation is 1. The quantitative estimate of drug-likeness (QED) is 0.660. The lowest BCUT2D eigenvalue weighted by Gasteiger charge is -2.03. The molecule has 1 rings (SSSR count). The van der Waals surface area contributed by atoms with Crippen LogP contribution in [-0.4, -0.2) is 7.11 Å². The Balaban J connectivity index is 0.000000671. The lowest BCUT2D eigenvalue weighted by Crippen LogP contribution is -1.89. The summed E-state index contributed by atoms with van der Waals surface area (Å²) in [6.45, 7) is 5.89. The van der Waals surface area contributed by atoms with E-state index in [9.17, 15) is 0 Å². The third-order valence-corrected chi connectivity index (χ3v) is 1.57. The molecule has 0 radical (unpaired) electrons. The summed E-state index contributed by atoms with van der Waals surface area (Å²) in [5, 5.41) is 8.70. The van der Waals surface area contributed by atoms with Crippen LogP contribution in [0.25, 0.3) is 0 Å². The Hall–Kier alpha value is -1.49. The molecule has 0 atom stereocenters. The molecule has 0 aliphatic carbocycles. The number of ether oxygens (including phenoxy) is 1. The van der Waals surface area contributed by atoms with Crippen molar-refractivity contribution in [3.05, 3.63) is 29.3 Å². The van der Waals surface area contributed by atoms with Crippen LogP contribution in [0.1, 0.15) is 25.0 Å². The minimum absolute atomic E-state index is 0.620. The molecular weight excluding hydrogens is 162 g/mol. The van der Waals surface area contributed by atoms with Gasteiger partial charge in [0.1, 0.15) is 11.8 Å². The van der Waals surface area contributed by atoms with Gasteiger partial charge in [0.05, 0.1) is 12.7 Å². The molecule has 13 heavy (non-hydrogen) atoms. The van der Waals surface area contributed by atoms with E-state index in [0.717, 1.165) is 5.56 Å². The first-order chi connectivity index (χ1) is 6.29. The van der Waals surface area contributed by atoms with E-state index in [1.165, 1.54) is 0 Å². The molecule has 0 N–H and O–H groups in total. The van der Waals surface area contributed by atoms with E-state index >= 15 is 0 Å². The van der Waals surface area contributed by atoms with E-state index in [1.54, 1.807) is 13.2 Å². The van der Waals surface area contributed by atoms with Gasteiger partial charge in [-0.3, -0.25) is 0 Å². The molecule has 0 bridgehead atoms. The molecule has 0 spiro atoms. The third kappa shape index (κ3) is 2.79. The Morgan fingerprint density at radius 1 is 1.31 bits per heavy atom. The molecule has 0 saturated heterocycles. The first kappa shape index (κ1) is 11.5. The highest BCUT2D eigenvalue weighted by atomic mass is 16.5. The fraction of sp³-hybridized carbons (Fsp3) is 0.364. The average molecular weight is 177 g/mol. The van der Waals surface area contributed by atoms with Crippen LogP contribution in [-0.2, 0) is 0 Å². The summed E-state index contributed by atoms with van der Waals surface area (Å²) >= 11 is 0. The molecular formula is C11H15NO. The molecule has 2 heteroatoms. The van der Waals surface area contributed by atoms with Gasteiger partial charge in [-0.15, -0.1) is 0 Å². The predicted molar refractivity (Wildman–Crippen MR) is 53.8 cm³/mol. The van der Waals surface area contributed by atoms with Gasteiger partial charge in [0, 0.05) is 0 Å². The predicted octanol–water partition coefficient (Wildman–Crippen LogP) is 2.90. The summed E-state index contributed by atoms with van der Waals surface area (Å²) in [5.74, 6) is 0.646. The van der Waals surface area contributed by atoms with E-state index in [2.05, 4.69) is 6.07 Å². The maximum atomic E-state index is 8.70. The fourth-order valence-electron chi connectivity index (χ4n) is 0.954. The van der Waals surface area contributed by atoms with Crippen LogP contribution in [0, 0.1) is 18.3 Å². The highest BCUT2D eigenvalue weighted by Crippen LogP contribution is 2.19. The highest BCUT2D eigenvalue weighted by Gasteiger charge is 2.02. The zero-order valence-corrected chi connectivity index (χ0v) is 8.59. The minimum Gasteiger partial charge on any atom is -0.495 e. The molecule has 0 unspecified atom stereocenters. The molecule has 0 aliphatic rings. The Kier molecular flexibility index (Phi) is 5.38.